The number of anilines is 1. The molecule has 0 saturated carbocycles. The lowest BCUT2D eigenvalue weighted by molar-refractivity contribution is -0.119. The Balaban J connectivity index is 1.16. The standard InChI is InChI=1S/C38H40N4O5/c1-45-38(44)42(37(43)36(39)35(28-11-4-2-5-12-28)29-13-6-3-7-14-29)34-15-9-8-10-27(34)17-19-31-23-40-24-32(47-31)25-46-30-18-16-26-20-21-41-33(26)22-30/h2-16,18,20-22,31-32,35-36,40-41H,17,19,23-25,39H2,1H3/t31-,32+,36+/m1/s1. The van der Waals surface area contributed by atoms with E-state index in [1.807, 2.05) is 103 Å². The zero-order valence-corrected chi connectivity index (χ0v) is 26.4. The van der Waals surface area contributed by atoms with Gasteiger partial charge in [0.2, 0.25) is 0 Å². The van der Waals surface area contributed by atoms with Crippen LogP contribution in [0.15, 0.2) is 115 Å². The minimum Gasteiger partial charge on any atom is -0.491 e. The Morgan fingerprint density at radius 2 is 1.57 bits per heavy atom. The summed E-state index contributed by atoms with van der Waals surface area (Å²) in [6, 6.07) is 33.6. The zero-order chi connectivity index (χ0) is 32.6. The molecule has 6 rings (SSSR count). The number of aromatic amines is 1. The number of hydrogen-bond donors (Lipinski definition) is 3. The number of ether oxygens (including phenoxy) is 3. The van der Waals surface area contributed by atoms with Crippen molar-refractivity contribution in [3.05, 3.63) is 132 Å². The highest BCUT2D eigenvalue weighted by Crippen LogP contribution is 2.31. The van der Waals surface area contributed by atoms with Crippen LogP contribution in [0, 0.1) is 0 Å². The summed E-state index contributed by atoms with van der Waals surface area (Å²) in [5, 5.41) is 4.59. The van der Waals surface area contributed by atoms with Gasteiger partial charge in [-0.05, 0) is 59.2 Å². The first kappa shape index (κ1) is 32.0. The predicted molar refractivity (Wildman–Crippen MR) is 183 cm³/mol. The smallest absolute Gasteiger partial charge is 0.420 e. The van der Waals surface area contributed by atoms with Crippen LogP contribution < -0.4 is 20.7 Å². The van der Waals surface area contributed by atoms with Gasteiger partial charge in [0.05, 0.1) is 24.9 Å². The summed E-state index contributed by atoms with van der Waals surface area (Å²) >= 11 is 0. The van der Waals surface area contributed by atoms with E-state index in [1.165, 1.54) is 7.11 Å². The number of para-hydroxylation sites is 1. The molecule has 0 unspecified atom stereocenters. The number of hydrogen-bond acceptors (Lipinski definition) is 7. The van der Waals surface area contributed by atoms with Crippen molar-refractivity contribution in [1.29, 1.82) is 0 Å². The second kappa shape index (κ2) is 15.1. The van der Waals surface area contributed by atoms with Gasteiger partial charge in [0.1, 0.15) is 18.5 Å². The number of rotatable bonds is 11. The summed E-state index contributed by atoms with van der Waals surface area (Å²) < 4.78 is 17.6. The van der Waals surface area contributed by atoms with E-state index in [0.29, 0.717) is 38.2 Å². The number of nitrogens with two attached hydrogens (primary N) is 1. The molecule has 242 valence electrons. The second-order valence-electron chi connectivity index (χ2n) is 11.7. The maximum atomic E-state index is 14.2. The third-order valence-electron chi connectivity index (χ3n) is 8.60. The Morgan fingerprint density at radius 3 is 2.30 bits per heavy atom. The van der Waals surface area contributed by atoms with E-state index in [-0.39, 0.29) is 12.2 Å². The Labute approximate surface area is 274 Å². The van der Waals surface area contributed by atoms with E-state index in [4.69, 9.17) is 19.9 Å². The number of nitrogens with one attached hydrogen (secondary N) is 2. The van der Waals surface area contributed by atoms with Crippen molar-refractivity contribution >= 4 is 28.6 Å². The van der Waals surface area contributed by atoms with Gasteiger partial charge in [0.25, 0.3) is 5.91 Å². The number of imide groups is 1. The topological polar surface area (TPSA) is 119 Å². The Bertz CT molecular complexity index is 1740. The molecule has 3 atom stereocenters. The largest absolute Gasteiger partial charge is 0.491 e. The fraction of sp³-hybridized carbons (Fsp3) is 0.263. The van der Waals surface area contributed by atoms with Crippen LogP contribution in [0.4, 0.5) is 10.5 Å². The summed E-state index contributed by atoms with van der Waals surface area (Å²) in [4.78, 5) is 31.8. The number of amides is 2. The highest BCUT2D eigenvalue weighted by Gasteiger charge is 2.36. The van der Waals surface area contributed by atoms with Crippen LogP contribution in [0.25, 0.3) is 10.9 Å². The van der Waals surface area contributed by atoms with Crippen molar-refractivity contribution in [2.24, 2.45) is 5.73 Å². The van der Waals surface area contributed by atoms with E-state index in [1.54, 1.807) is 12.1 Å². The Hall–Kier alpha value is -4.96. The van der Waals surface area contributed by atoms with Crippen LogP contribution in [0.3, 0.4) is 0 Å². The molecule has 4 aromatic carbocycles. The normalized spacial score (nSPS) is 16.9. The lowest BCUT2D eigenvalue weighted by Gasteiger charge is -2.32. The quantitative estimate of drug-likeness (QED) is 0.169. The van der Waals surface area contributed by atoms with E-state index >= 15 is 0 Å². The van der Waals surface area contributed by atoms with Gasteiger partial charge in [-0.3, -0.25) is 4.79 Å². The maximum Gasteiger partial charge on any atom is 0.420 e. The zero-order valence-electron chi connectivity index (χ0n) is 26.4. The van der Waals surface area contributed by atoms with Crippen molar-refractivity contribution < 1.29 is 23.8 Å². The number of benzene rings is 4. The average Bonchev–Trinajstić information content (AvgIpc) is 3.60. The van der Waals surface area contributed by atoms with Crippen molar-refractivity contribution in [3.63, 3.8) is 0 Å². The number of morpholine rings is 1. The lowest BCUT2D eigenvalue weighted by Crippen LogP contribution is -2.50. The molecule has 9 heteroatoms. The average molecular weight is 633 g/mol. The van der Waals surface area contributed by atoms with Gasteiger partial charge < -0.3 is 30.2 Å². The number of H-pyrrole nitrogens is 1. The molecule has 2 amide bonds. The molecule has 1 aliphatic rings. The number of aromatic nitrogens is 1. The SMILES string of the molecule is COC(=O)N(C(=O)[C@@H](N)C(c1ccccc1)c1ccccc1)c1ccccc1CC[C@@H]1CNC[C@@H](COc2ccc3cc[nH]c3c2)O1. The van der Waals surface area contributed by atoms with Gasteiger partial charge in [-0.1, -0.05) is 78.9 Å². The molecule has 1 aromatic heterocycles. The van der Waals surface area contributed by atoms with Crippen LogP contribution >= 0.6 is 0 Å². The predicted octanol–water partition coefficient (Wildman–Crippen LogP) is 5.80. The Kier molecular flexibility index (Phi) is 10.3. The fourth-order valence-corrected chi connectivity index (χ4v) is 6.22. The van der Waals surface area contributed by atoms with E-state index in [2.05, 4.69) is 10.3 Å². The highest BCUT2D eigenvalue weighted by atomic mass is 16.5. The summed E-state index contributed by atoms with van der Waals surface area (Å²) in [6.07, 6.45) is 2.15. The molecule has 0 radical (unpaired) electrons. The van der Waals surface area contributed by atoms with E-state index < -0.39 is 24.0 Å². The molecule has 47 heavy (non-hydrogen) atoms. The number of carbonyl (C=O) groups is 2. The summed E-state index contributed by atoms with van der Waals surface area (Å²) in [7, 11) is 1.27. The van der Waals surface area contributed by atoms with Gasteiger partial charge in [-0.25, -0.2) is 9.69 Å². The molecule has 0 spiro atoms. The molecule has 1 aliphatic heterocycles. The first-order valence-electron chi connectivity index (χ1n) is 15.9. The molecule has 1 saturated heterocycles. The van der Waals surface area contributed by atoms with E-state index in [9.17, 15) is 9.59 Å². The van der Waals surface area contributed by atoms with Crippen LogP contribution in [-0.4, -0.2) is 62.0 Å². The van der Waals surface area contributed by atoms with Gasteiger partial charge in [0, 0.05) is 36.8 Å². The molecular weight excluding hydrogens is 592 g/mol. The van der Waals surface area contributed by atoms with E-state index in [0.717, 1.165) is 38.2 Å². The number of nitrogens with zero attached hydrogens (tertiary/aromatic N) is 1. The maximum absolute atomic E-state index is 14.2. The van der Waals surface area contributed by atoms with Crippen molar-refractivity contribution in [2.45, 2.75) is 37.0 Å². The lowest BCUT2D eigenvalue weighted by atomic mass is 9.84. The number of aryl methyl sites for hydroxylation is 1. The number of carbonyl (C=O) groups excluding carboxylic acids is 2. The second-order valence-corrected chi connectivity index (χ2v) is 11.7. The molecule has 0 aliphatic carbocycles. The van der Waals surface area contributed by atoms with Crippen molar-refractivity contribution in [3.8, 4) is 5.75 Å². The minimum atomic E-state index is -1.06. The van der Waals surface area contributed by atoms with Gasteiger partial charge in [-0.2, -0.15) is 0 Å². The summed E-state index contributed by atoms with van der Waals surface area (Å²) in [6.45, 7) is 1.79. The third kappa shape index (κ3) is 7.55. The summed E-state index contributed by atoms with van der Waals surface area (Å²) in [5.41, 5.74) is 10.8. The third-order valence-corrected chi connectivity index (χ3v) is 8.60. The molecule has 4 N–H and O–H groups in total. The van der Waals surface area contributed by atoms with Crippen molar-refractivity contribution in [2.75, 3.05) is 31.7 Å². The molecule has 2 heterocycles. The molecule has 9 nitrogen and oxygen atoms in total. The highest BCUT2D eigenvalue weighted by molar-refractivity contribution is 6.15. The monoisotopic (exact) mass is 632 g/mol. The Morgan fingerprint density at radius 1 is 0.894 bits per heavy atom. The molecular formula is C38H40N4O5. The van der Waals surface area contributed by atoms with Gasteiger partial charge >= 0.3 is 6.09 Å². The van der Waals surface area contributed by atoms with Crippen LogP contribution in [-0.2, 0) is 20.7 Å². The van der Waals surface area contributed by atoms with Crippen molar-refractivity contribution in [1.82, 2.24) is 10.3 Å². The fourth-order valence-electron chi connectivity index (χ4n) is 6.22. The van der Waals surface area contributed by atoms with Gasteiger partial charge in [-0.15, -0.1) is 0 Å². The minimum absolute atomic E-state index is 0.0821. The first-order valence-corrected chi connectivity index (χ1v) is 15.9. The number of methoxy groups -OCH3 is 1. The summed E-state index contributed by atoms with van der Waals surface area (Å²) in [5.74, 6) is -0.241. The first-order chi connectivity index (χ1) is 23.0. The number of fused-ring (bicyclic) bond motifs is 1. The van der Waals surface area contributed by atoms with Crippen LogP contribution in [0.5, 0.6) is 5.75 Å². The van der Waals surface area contributed by atoms with Gasteiger partial charge in [0.15, 0.2) is 0 Å². The molecule has 1 fully saturated rings. The molecule has 0 bridgehead atoms. The van der Waals surface area contributed by atoms with Crippen LogP contribution in [0.1, 0.15) is 29.0 Å². The van der Waals surface area contributed by atoms with Crippen LogP contribution in [0.2, 0.25) is 0 Å². The molecule has 5 aromatic rings.